The van der Waals surface area contributed by atoms with Crippen molar-refractivity contribution >= 4 is 34.7 Å². The fourth-order valence-corrected chi connectivity index (χ4v) is 8.47. The van der Waals surface area contributed by atoms with Crippen LogP contribution in [0, 0.1) is 5.92 Å². The normalized spacial score (nSPS) is 23.2. The Morgan fingerprint density at radius 2 is 1.72 bits per heavy atom. The van der Waals surface area contributed by atoms with Crippen molar-refractivity contribution in [1.29, 1.82) is 0 Å². The number of carbonyl (C=O) groups excluding carboxylic acids is 3. The van der Waals surface area contributed by atoms with Gasteiger partial charge in [0.05, 0.1) is 37.0 Å². The summed E-state index contributed by atoms with van der Waals surface area (Å²) in [4.78, 5) is 61.5. The molecule has 5 N–H and O–H groups in total. The summed E-state index contributed by atoms with van der Waals surface area (Å²) in [7, 11) is 1.57. The summed E-state index contributed by atoms with van der Waals surface area (Å²) in [6.45, 7) is 3.68. The highest BCUT2D eigenvalue weighted by Gasteiger charge is 2.61. The number of urea groups is 1. The zero-order chi connectivity index (χ0) is 42.0. The van der Waals surface area contributed by atoms with Crippen molar-refractivity contribution in [3.05, 3.63) is 139 Å². The lowest BCUT2D eigenvalue weighted by Gasteiger charge is -2.29. The Bertz CT molecular complexity index is 2430. The van der Waals surface area contributed by atoms with Crippen LogP contribution in [0.4, 0.5) is 4.79 Å². The molecule has 7 atom stereocenters. The number of fused-ring (bicyclic) bond motifs is 2. The predicted molar refractivity (Wildman–Crippen MR) is 224 cm³/mol. The van der Waals surface area contributed by atoms with Crippen LogP contribution in [-0.4, -0.2) is 87.4 Å². The minimum Gasteiger partial charge on any atom is -0.497 e. The lowest BCUT2D eigenvalue weighted by molar-refractivity contribution is -0.144. The lowest BCUT2D eigenvalue weighted by Crippen LogP contribution is -2.57. The maximum atomic E-state index is 14.5. The number of likely N-dealkylation sites (tertiary alicyclic amines) is 1. The van der Waals surface area contributed by atoms with Crippen molar-refractivity contribution in [2.45, 2.75) is 68.0 Å². The summed E-state index contributed by atoms with van der Waals surface area (Å²) in [5.41, 5.74) is 3.27. The highest BCUT2D eigenvalue weighted by atomic mass is 16.5. The zero-order valence-corrected chi connectivity index (χ0v) is 33.1. The van der Waals surface area contributed by atoms with E-state index in [2.05, 4.69) is 22.5 Å². The number of nitrogens with zero attached hydrogens (tertiary/aromatic N) is 2. The van der Waals surface area contributed by atoms with Gasteiger partial charge in [-0.1, -0.05) is 91.0 Å². The van der Waals surface area contributed by atoms with Gasteiger partial charge in [-0.25, -0.2) is 14.6 Å². The average molecular weight is 810 g/mol. The zero-order valence-electron chi connectivity index (χ0n) is 33.1. The Kier molecular flexibility index (Phi) is 11.3. The number of ether oxygens (including phenoxy) is 2. The molecule has 1 aromatic heterocycles. The van der Waals surface area contributed by atoms with Crippen LogP contribution in [0.1, 0.15) is 42.0 Å². The lowest BCUT2D eigenvalue weighted by atomic mass is 10.0. The number of hydrogen-bond donors (Lipinski definition) is 5. The quantitative estimate of drug-likeness (QED) is 0.0924. The largest absolute Gasteiger partial charge is 0.497 e. The first-order valence-corrected chi connectivity index (χ1v) is 20.1. The molecule has 8 rings (SSSR count). The number of carboxylic acids is 1. The van der Waals surface area contributed by atoms with Gasteiger partial charge in [-0.2, -0.15) is 0 Å². The Hall–Kier alpha value is -6.73. The molecule has 5 aromatic rings. The topological polar surface area (TPSA) is 179 Å². The molecule has 2 heterocycles. The van der Waals surface area contributed by atoms with Gasteiger partial charge in [0, 0.05) is 41.8 Å². The number of pyridine rings is 1. The molecule has 1 saturated carbocycles. The van der Waals surface area contributed by atoms with Crippen molar-refractivity contribution in [3.8, 4) is 22.8 Å². The Morgan fingerprint density at radius 1 is 0.983 bits per heavy atom. The van der Waals surface area contributed by atoms with Crippen LogP contribution in [0.15, 0.2) is 122 Å². The van der Waals surface area contributed by atoms with E-state index in [9.17, 15) is 29.4 Å². The highest BCUT2D eigenvalue weighted by molar-refractivity contribution is 5.95. The van der Waals surface area contributed by atoms with Crippen LogP contribution in [0.25, 0.3) is 22.2 Å². The molecule has 60 heavy (non-hydrogen) atoms. The number of benzene rings is 4. The molecule has 2 aliphatic carbocycles. The number of carboxylic acid groups (broad SMARTS) is 1. The highest BCUT2D eigenvalue weighted by Crippen LogP contribution is 2.45. The number of hydrogen-bond acceptors (Lipinski definition) is 8. The van der Waals surface area contributed by atoms with Gasteiger partial charge in [-0.15, -0.1) is 6.58 Å². The van der Waals surface area contributed by atoms with Crippen LogP contribution in [0.5, 0.6) is 11.5 Å². The summed E-state index contributed by atoms with van der Waals surface area (Å²) >= 11 is 0. The second kappa shape index (κ2) is 16.9. The summed E-state index contributed by atoms with van der Waals surface area (Å²) in [6, 6.07) is 30.3. The third-order valence-electron chi connectivity index (χ3n) is 11.9. The van der Waals surface area contributed by atoms with Crippen LogP contribution in [-0.2, 0) is 27.2 Å². The van der Waals surface area contributed by atoms with Crippen molar-refractivity contribution < 1.29 is 38.9 Å². The van der Waals surface area contributed by atoms with Gasteiger partial charge in [0.2, 0.25) is 11.8 Å². The number of aliphatic hydroxyl groups excluding tert-OH is 1. The maximum absolute atomic E-state index is 14.5. The molecular formula is C47H47N5O8. The number of nitrogens with one attached hydrogen (secondary N) is 3. The van der Waals surface area contributed by atoms with Crippen molar-refractivity contribution in [3.63, 3.8) is 0 Å². The minimum atomic E-state index is -1.54. The van der Waals surface area contributed by atoms with Gasteiger partial charge in [0.1, 0.15) is 35.2 Å². The summed E-state index contributed by atoms with van der Waals surface area (Å²) in [6.07, 6.45) is 1.18. The van der Waals surface area contributed by atoms with E-state index in [1.165, 1.54) is 11.0 Å². The van der Waals surface area contributed by atoms with Crippen molar-refractivity contribution in [1.82, 2.24) is 25.8 Å². The molecule has 13 nitrogen and oxygen atoms in total. The van der Waals surface area contributed by atoms with Crippen LogP contribution >= 0.6 is 0 Å². The first-order valence-electron chi connectivity index (χ1n) is 20.1. The molecule has 0 radical (unpaired) electrons. The second-order valence-electron chi connectivity index (χ2n) is 15.7. The average Bonchev–Trinajstić information content (AvgIpc) is 3.68. The van der Waals surface area contributed by atoms with E-state index in [0.717, 1.165) is 22.3 Å². The number of carbonyl (C=O) groups is 4. The van der Waals surface area contributed by atoms with Crippen LogP contribution in [0.2, 0.25) is 0 Å². The number of rotatable bonds is 14. The third kappa shape index (κ3) is 8.13. The van der Waals surface area contributed by atoms with Gasteiger partial charge in [0.15, 0.2) is 0 Å². The van der Waals surface area contributed by atoms with E-state index in [0.29, 0.717) is 40.9 Å². The van der Waals surface area contributed by atoms with E-state index in [1.807, 2.05) is 97.1 Å². The number of aryl methyl sites for hydroxylation is 1. The Labute approximate surface area is 347 Å². The SMILES string of the molecule is C=CC1C[C@]1(NC(=O)[C@@H]1C[C@@H](Oc2cc(-c3ccccc3)nc3cc(OC)ccc23)CN1C(=O)N[C@@H](CCc1ccccc1)C(=O)N[C@H]1c2ccccc2C[C@H]1O)C(=O)O. The molecule has 4 aromatic carbocycles. The standard InChI is InChI=1S/C47H47N5O8/c1-3-31-26-47(31,45(56)57)51-44(55)39-24-33(60-41-25-37(29-14-8-5-9-15-29)48-38-23-32(59-2)19-20-35(38)41)27-52(39)46(58)49-36(21-18-28-12-6-4-7-13-28)43(54)50-42-34-17-11-10-16-30(34)22-40(42)53/h3-17,19-20,23,25,31,33,36,39-40,42,53H,1,18,21-22,24,26-27H2,2H3,(H,49,58)(H,50,54)(H,51,55)(H,56,57)/t31?,33-,36+,39+,40-,42+,47-/m1/s1. The fourth-order valence-electron chi connectivity index (χ4n) is 8.47. The number of aromatic nitrogens is 1. The van der Waals surface area contributed by atoms with Crippen molar-refractivity contribution in [2.75, 3.05) is 13.7 Å². The van der Waals surface area contributed by atoms with E-state index < -0.39 is 65.6 Å². The first kappa shape index (κ1) is 40.1. The first-order chi connectivity index (χ1) is 29.1. The van der Waals surface area contributed by atoms with Gasteiger partial charge in [0.25, 0.3) is 0 Å². The van der Waals surface area contributed by atoms with Crippen LogP contribution < -0.4 is 25.4 Å². The van der Waals surface area contributed by atoms with E-state index in [1.54, 1.807) is 19.2 Å². The molecule has 13 heteroatoms. The number of aliphatic carboxylic acids is 1. The molecule has 2 fully saturated rings. The van der Waals surface area contributed by atoms with E-state index in [4.69, 9.17) is 14.5 Å². The molecule has 4 amide bonds. The molecular weight excluding hydrogens is 763 g/mol. The molecule has 1 aliphatic heterocycles. The Morgan fingerprint density at radius 3 is 2.43 bits per heavy atom. The predicted octanol–water partition coefficient (Wildman–Crippen LogP) is 5.36. The second-order valence-corrected chi connectivity index (χ2v) is 15.7. The van der Waals surface area contributed by atoms with Gasteiger partial charge >= 0.3 is 12.0 Å². The summed E-state index contributed by atoms with van der Waals surface area (Å²) < 4.78 is 12.2. The van der Waals surface area contributed by atoms with Gasteiger partial charge < -0.3 is 40.5 Å². The molecule has 3 aliphatic rings. The van der Waals surface area contributed by atoms with E-state index in [-0.39, 0.29) is 25.8 Å². The van der Waals surface area contributed by atoms with Gasteiger partial charge in [-0.3, -0.25) is 9.59 Å². The molecule has 0 bridgehead atoms. The number of amides is 4. The molecule has 0 spiro atoms. The van der Waals surface area contributed by atoms with Crippen LogP contribution in [0.3, 0.4) is 0 Å². The maximum Gasteiger partial charge on any atom is 0.330 e. The third-order valence-corrected chi connectivity index (χ3v) is 11.9. The molecule has 308 valence electrons. The molecule has 1 saturated heterocycles. The minimum absolute atomic E-state index is 0.0281. The van der Waals surface area contributed by atoms with Gasteiger partial charge in [-0.05, 0) is 48.1 Å². The smallest absolute Gasteiger partial charge is 0.330 e. The monoisotopic (exact) mass is 809 g/mol. The van der Waals surface area contributed by atoms with Crippen molar-refractivity contribution in [2.24, 2.45) is 5.92 Å². The van der Waals surface area contributed by atoms with E-state index >= 15 is 0 Å². The summed E-state index contributed by atoms with van der Waals surface area (Å²) in [5.74, 6) is -1.74. The number of aliphatic hydroxyl groups is 1. The Balaban J connectivity index is 1.09. The summed E-state index contributed by atoms with van der Waals surface area (Å²) in [5, 5.41) is 30.4. The molecule has 1 unspecified atom stereocenters. The fraction of sp³-hybridized carbons (Fsp3) is 0.298. The number of methoxy groups -OCH3 is 1.